The first-order valence-electron chi connectivity index (χ1n) is 6.58. The van der Waals surface area contributed by atoms with Gasteiger partial charge < -0.3 is 9.88 Å². The number of hydrogen-bond donors (Lipinski definition) is 1. The summed E-state index contributed by atoms with van der Waals surface area (Å²) in [4.78, 5) is 18.5. The molecule has 0 aromatic carbocycles. The van der Waals surface area contributed by atoms with E-state index in [1.807, 2.05) is 10.8 Å². The number of nitrogens with zero attached hydrogens (tertiary/aromatic N) is 4. The molecule has 0 bridgehead atoms. The Morgan fingerprint density at radius 2 is 2.29 bits per heavy atom. The molecule has 2 rings (SSSR count). The van der Waals surface area contributed by atoms with Gasteiger partial charge in [0.25, 0.3) is 5.69 Å². The second-order valence-corrected chi connectivity index (χ2v) is 5.42. The van der Waals surface area contributed by atoms with Crippen LogP contribution in [-0.2, 0) is 6.54 Å². The number of imidazole rings is 1. The number of aryl methyl sites for hydroxylation is 1. The van der Waals surface area contributed by atoms with Gasteiger partial charge in [-0.05, 0) is 35.7 Å². The summed E-state index contributed by atoms with van der Waals surface area (Å²) in [6.45, 7) is 3.39. The molecular weight excluding hydrogens is 338 g/mol. The van der Waals surface area contributed by atoms with E-state index >= 15 is 0 Å². The van der Waals surface area contributed by atoms with Crippen LogP contribution in [-0.4, -0.2) is 26.0 Å². The number of halogens is 1. The number of aromatic nitrogens is 3. The van der Waals surface area contributed by atoms with Crippen LogP contribution in [0.25, 0.3) is 0 Å². The molecule has 7 nitrogen and oxygen atoms in total. The van der Waals surface area contributed by atoms with Crippen LogP contribution in [0, 0.1) is 17.0 Å². The van der Waals surface area contributed by atoms with E-state index in [0.717, 1.165) is 25.9 Å². The third-order valence-electron chi connectivity index (χ3n) is 3.13. The summed E-state index contributed by atoms with van der Waals surface area (Å²) in [5.74, 6) is 0.640. The van der Waals surface area contributed by atoms with Crippen LogP contribution < -0.4 is 5.32 Å². The Hall–Kier alpha value is -1.96. The molecule has 0 aliphatic rings. The Kier molecular flexibility index (Phi) is 5.26. The number of rotatable bonds is 7. The third-order valence-corrected chi connectivity index (χ3v) is 4.10. The molecule has 1 N–H and O–H groups in total. The van der Waals surface area contributed by atoms with Crippen molar-refractivity contribution in [1.82, 2.24) is 14.5 Å². The molecule has 0 unspecified atom stereocenters. The minimum atomic E-state index is -0.429. The quantitative estimate of drug-likeness (QED) is 0.469. The van der Waals surface area contributed by atoms with Crippen molar-refractivity contribution in [2.75, 3.05) is 11.9 Å². The minimum absolute atomic E-state index is 0.0209. The van der Waals surface area contributed by atoms with Crippen LogP contribution in [0.2, 0.25) is 0 Å². The zero-order chi connectivity index (χ0) is 15.2. The molecular formula is C13H16BrN5O2. The minimum Gasteiger partial charge on any atom is -0.369 e. The first kappa shape index (κ1) is 15.4. The molecule has 0 atom stereocenters. The van der Waals surface area contributed by atoms with Gasteiger partial charge in [0.2, 0.25) is 0 Å². The van der Waals surface area contributed by atoms with Crippen molar-refractivity contribution in [1.29, 1.82) is 0 Å². The van der Waals surface area contributed by atoms with Gasteiger partial charge in [-0.2, -0.15) is 0 Å². The lowest BCUT2D eigenvalue weighted by Gasteiger charge is -2.09. The van der Waals surface area contributed by atoms with E-state index in [0.29, 0.717) is 15.9 Å². The molecule has 2 aromatic heterocycles. The van der Waals surface area contributed by atoms with Crippen LogP contribution in [0.5, 0.6) is 0 Å². The predicted molar refractivity (Wildman–Crippen MR) is 83.3 cm³/mol. The highest BCUT2D eigenvalue weighted by Gasteiger charge is 2.16. The standard InChI is InChI=1S/C13H16BrN5O2/c1-10-11(19(20)21)8-17-13(12(10)14)16-4-2-3-6-18-7-5-15-9-18/h5,7-9H,2-4,6H2,1H3,(H,16,17). The van der Waals surface area contributed by atoms with Gasteiger partial charge >= 0.3 is 0 Å². The Labute approximate surface area is 130 Å². The molecule has 8 heteroatoms. The Bertz CT molecular complexity index is 615. The number of hydrogen-bond acceptors (Lipinski definition) is 5. The highest BCUT2D eigenvalue weighted by molar-refractivity contribution is 9.10. The van der Waals surface area contributed by atoms with Gasteiger partial charge in [0, 0.05) is 31.0 Å². The summed E-state index contributed by atoms with van der Waals surface area (Å²) in [6.07, 6.45) is 8.78. The molecule has 0 fully saturated rings. The topological polar surface area (TPSA) is 85.9 Å². The Balaban J connectivity index is 1.83. The molecule has 0 aliphatic heterocycles. The van der Waals surface area contributed by atoms with Gasteiger partial charge in [-0.1, -0.05) is 0 Å². The zero-order valence-corrected chi connectivity index (χ0v) is 13.2. The summed E-state index contributed by atoms with van der Waals surface area (Å²) in [6, 6.07) is 0. The Morgan fingerprint density at radius 3 is 2.95 bits per heavy atom. The molecule has 0 saturated carbocycles. The van der Waals surface area contributed by atoms with Crippen molar-refractivity contribution in [3.8, 4) is 0 Å². The van der Waals surface area contributed by atoms with E-state index < -0.39 is 4.92 Å². The zero-order valence-electron chi connectivity index (χ0n) is 11.6. The summed E-state index contributed by atoms with van der Waals surface area (Å²) in [7, 11) is 0. The molecule has 2 heterocycles. The summed E-state index contributed by atoms with van der Waals surface area (Å²) in [5, 5.41) is 14.0. The molecule has 0 aliphatic carbocycles. The molecule has 0 saturated heterocycles. The number of unbranched alkanes of at least 4 members (excludes halogenated alkanes) is 1. The van der Waals surface area contributed by atoms with Crippen LogP contribution in [0.1, 0.15) is 18.4 Å². The second kappa shape index (κ2) is 7.16. The van der Waals surface area contributed by atoms with Crippen LogP contribution in [0.15, 0.2) is 29.4 Å². The van der Waals surface area contributed by atoms with Crippen LogP contribution >= 0.6 is 15.9 Å². The fourth-order valence-electron chi connectivity index (χ4n) is 1.92. The van der Waals surface area contributed by atoms with Crippen molar-refractivity contribution in [3.63, 3.8) is 0 Å². The van der Waals surface area contributed by atoms with Gasteiger partial charge in [0.05, 0.1) is 15.7 Å². The molecule has 0 radical (unpaired) electrons. The van der Waals surface area contributed by atoms with Crippen molar-refractivity contribution in [2.24, 2.45) is 0 Å². The van der Waals surface area contributed by atoms with Gasteiger partial charge in [-0.25, -0.2) is 9.97 Å². The molecule has 112 valence electrons. The molecule has 21 heavy (non-hydrogen) atoms. The van der Waals surface area contributed by atoms with Gasteiger partial charge in [0.1, 0.15) is 12.0 Å². The van der Waals surface area contributed by atoms with Crippen molar-refractivity contribution < 1.29 is 4.92 Å². The highest BCUT2D eigenvalue weighted by Crippen LogP contribution is 2.30. The lowest BCUT2D eigenvalue weighted by molar-refractivity contribution is -0.385. The average molecular weight is 354 g/mol. The van der Waals surface area contributed by atoms with E-state index in [1.165, 1.54) is 6.20 Å². The fourth-order valence-corrected chi connectivity index (χ4v) is 2.37. The van der Waals surface area contributed by atoms with Crippen molar-refractivity contribution in [3.05, 3.63) is 45.1 Å². The van der Waals surface area contributed by atoms with Crippen molar-refractivity contribution in [2.45, 2.75) is 26.3 Å². The third kappa shape index (κ3) is 4.01. The number of pyridine rings is 1. The first-order chi connectivity index (χ1) is 10.1. The lowest BCUT2D eigenvalue weighted by atomic mass is 10.2. The molecule has 0 spiro atoms. The van der Waals surface area contributed by atoms with E-state index in [2.05, 4.69) is 31.2 Å². The van der Waals surface area contributed by atoms with Crippen LogP contribution in [0.4, 0.5) is 11.5 Å². The SMILES string of the molecule is Cc1c([N+](=O)[O-])cnc(NCCCCn2ccnc2)c1Br. The average Bonchev–Trinajstić information content (AvgIpc) is 2.96. The summed E-state index contributed by atoms with van der Waals surface area (Å²) in [5.41, 5.74) is 0.600. The second-order valence-electron chi connectivity index (χ2n) is 4.62. The fraction of sp³-hybridized carbons (Fsp3) is 0.385. The smallest absolute Gasteiger partial charge is 0.291 e. The number of nitro groups is 1. The van der Waals surface area contributed by atoms with Gasteiger partial charge in [0.15, 0.2) is 0 Å². The van der Waals surface area contributed by atoms with Gasteiger partial charge in [-0.3, -0.25) is 10.1 Å². The monoisotopic (exact) mass is 353 g/mol. The highest BCUT2D eigenvalue weighted by atomic mass is 79.9. The van der Waals surface area contributed by atoms with E-state index in [4.69, 9.17) is 0 Å². The normalized spacial score (nSPS) is 10.6. The maximum absolute atomic E-state index is 10.8. The lowest BCUT2D eigenvalue weighted by Crippen LogP contribution is -2.07. The van der Waals surface area contributed by atoms with Gasteiger partial charge in [-0.15, -0.1) is 0 Å². The Morgan fingerprint density at radius 1 is 1.48 bits per heavy atom. The first-order valence-corrected chi connectivity index (χ1v) is 7.38. The summed E-state index contributed by atoms with van der Waals surface area (Å²) >= 11 is 3.36. The maximum atomic E-state index is 10.8. The molecule has 2 aromatic rings. The predicted octanol–water partition coefficient (Wildman–Crippen LogP) is 3.15. The maximum Gasteiger partial charge on any atom is 0.291 e. The van der Waals surface area contributed by atoms with Crippen molar-refractivity contribution >= 4 is 27.4 Å². The van der Waals surface area contributed by atoms with E-state index in [1.54, 1.807) is 19.4 Å². The van der Waals surface area contributed by atoms with E-state index in [9.17, 15) is 10.1 Å². The largest absolute Gasteiger partial charge is 0.369 e. The number of nitrogens with one attached hydrogen (secondary N) is 1. The summed E-state index contributed by atoms with van der Waals surface area (Å²) < 4.78 is 2.68. The number of anilines is 1. The van der Waals surface area contributed by atoms with E-state index in [-0.39, 0.29) is 5.69 Å². The van der Waals surface area contributed by atoms with Crippen LogP contribution in [0.3, 0.4) is 0 Å². The molecule has 0 amide bonds.